The van der Waals surface area contributed by atoms with Crippen molar-refractivity contribution in [2.45, 2.75) is 82.8 Å². The van der Waals surface area contributed by atoms with Crippen LogP contribution in [-0.2, 0) is 4.79 Å². The van der Waals surface area contributed by atoms with E-state index in [9.17, 15) is 9.59 Å². The third-order valence-corrected chi connectivity index (χ3v) is 6.06. The average molecular weight is 351 g/mol. The molecule has 2 aliphatic heterocycles. The predicted octanol–water partition coefficient (Wildman–Crippen LogP) is 2.00. The molecule has 2 heterocycles. The molecule has 3 aliphatic rings. The lowest BCUT2D eigenvalue weighted by Gasteiger charge is -2.36. The summed E-state index contributed by atoms with van der Waals surface area (Å²) in [7, 11) is 0. The van der Waals surface area contributed by atoms with E-state index < -0.39 is 0 Å². The van der Waals surface area contributed by atoms with Crippen LogP contribution < -0.4 is 16.0 Å². The molecule has 0 spiro atoms. The lowest BCUT2D eigenvalue weighted by Crippen LogP contribution is -2.52. The summed E-state index contributed by atoms with van der Waals surface area (Å²) >= 11 is 0. The molecule has 6 nitrogen and oxygen atoms in total. The minimum atomic E-state index is -0.0242. The number of nitrogens with zero attached hydrogens (tertiary/aromatic N) is 1. The number of hydrogen-bond acceptors (Lipinski definition) is 3. The molecule has 2 atom stereocenters. The van der Waals surface area contributed by atoms with E-state index in [1.807, 2.05) is 4.90 Å². The Kier molecular flexibility index (Phi) is 6.57. The normalized spacial score (nSPS) is 29.2. The third kappa shape index (κ3) is 5.33. The Labute approximate surface area is 151 Å². The van der Waals surface area contributed by atoms with Gasteiger partial charge in [0.1, 0.15) is 0 Å². The number of carbonyl (C=O) groups excluding carboxylic acids is 2. The van der Waals surface area contributed by atoms with Crippen molar-refractivity contribution in [2.75, 3.05) is 19.6 Å². The van der Waals surface area contributed by atoms with Gasteiger partial charge in [-0.2, -0.15) is 0 Å². The third-order valence-electron chi connectivity index (χ3n) is 6.06. The maximum atomic E-state index is 12.7. The van der Waals surface area contributed by atoms with Crippen LogP contribution >= 0.6 is 0 Å². The molecule has 0 bridgehead atoms. The summed E-state index contributed by atoms with van der Waals surface area (Å²) < 4.78 is 0. The van der Waals surface area contributed by atoms with Crippen molar-refractivity contribution in [3.63, 3.8) is 0 Å². The first-order chi connectivity index (χ1) is 12.1. The van der Waals surface area contributed by atoms with E-state index in [1.165, 1.54) is 19.3 Å². The van der Waals surface area contributed by atoms with E-state index >= 15 is 0 Å². The smallest absolute Gasteiger partial charge is 0.315 e. The summed E-state index contributed by atoms with van der Waals surface area (Å²) in [4.78, 5) is 26.9. The van der Waals surface area contributed by atoms with Crippen molar-refractivity contribution in [3.05, 3.63) is 0 Å². The molecule has 3 N–H and O–H groups in total. The quantitative estimate of drug-likeness (QED) is 0.729. The summed E-state index contributed by atoms with van der Waals surface area (Å²) in [5, 5.41) is 9.64. The summed E-state index contributed by atoms with van der Waals surface area (Å²) in [6.45, 7) is 4.63. The van der Waals surface area contributed by atoms with Gasteiger partial charge in [0.15, 0.2) is 0 Å². The van der Waals surface area contributed by atoms with E-state index in [1.54, 1.807) is 0 Å². The van der Waals surface area contributed by atoms with Crippen LogP contribution in [0, 0.1) is 5.92 Å². The predicted molar refractivity (Wildman–Crippen MR) is 98.3 cm³/mol. The van der Waals surface area contributed by atoms with Crippen LogP contribution in [0.25, 0.3) is 0 Å². The SMILES string of the molecule is C[C@H]1C[C@@H](C(=O)N2CCC(NC(=O)NC3CCCCC3)CC2)CCN1. The van der Waals surface area contributed by atoms with Crippen molar-refractivity contribution >= 4 is 11.9 Å². The van der Waals surface area contributed by atoms with Gasteiger partial charge in [-0.05, 0) is 52.0 Å². The summed E-state index contributed by atoms with van der Waals surface area (Å²) in [5.41, 5.74) is 0. The topological polar surface area (TPSA) is 73.5 Å². The number of rotatable bonds is 3. The Morgan fingerprint density at radius 3 is 2.20 bits per heavy atom. The van der Waals surface area contributed by atoms with E-state index in [2.05, 4.69) is 22.9 Å². The van der Waals surface area contributed by atoms with E-state index in [-0.39, 0.29) is 18.0 Å². The largest absolute Gasteiger partial charge is 0.342 e. The van der Waals surface area contributed by atoms with E-state index in [4.69, 9.17) is 0 Å². The first-order valence-corrected chi connectivity index (χ1v) is 10.2. The van der Waals surface area contributed by atoms with Crippen molar-refractivity contribution < 1.29 is 9.59 Å². The second-order valence-corrected chi connectivity index (χ2v) is 8.13. The molecule has 142 valence electrons. The van der Waals surface area contributed by atoms with E-state index in [0.29, 0.717) is 18.0 Å². The molecule has 6 heteroatoms. The van der Waals surface area contributed by atoms with Gasteiger partial charge in [0.25, 0.3) is 0 Å². The molecule has 3 amide bonds. The molecule has 0 aromatic carbocycles. The lowest BCUT2D eigenvalue weighted by atomic mass is 9.91. The van der Waals surface area contributed by atoms with Crippen LogP contribution in [0.2, 0.25) is 0 Å². The lowest BCUT2D eigenvalue weighted by molar-refractivity contribution is -0.137. The second kappa shape index (κ2) is 8.88. The Bertz CT molecular complexity index is 456. The zero-order valence-electron chi connectivity index (χ0n) is 15.6. The van der Waals surface area contributed by atoms with E-state index in [0.717, 1.165) is 58.2 Å². The highest BCUT2D eigenvalue weighted by atomic mass is 16.2. The van der Waals surface area contributed by atoms with Crippen LogP contribution in [-0.4, -0.2) is 54.6 Å². The number of likely N-dealkylation sites (tertiary alicyclic amines) is 1. The van der Waals surface area contributed by atoms with Crippen molar-refractivity contribution in [1.29, 1.82) is 0 Å². The number of nitrogens with one attached hydrogen (secondary N) is 3. The van der Waals surface area contributed by atoms with Gasteiger partial charge in [0.05, 0.1) is 0 Å². The summed E-state index contributed by atoms with van der Waals surface area (Å²) in [6, 6.07) is 0.950. The molecular formula is C19H34N4O2. The molecule has 0 aromatic rings. The van der Waals surface area contributed by atoms with Gasteiger partial charge in [-0.25, -0.2) is 4.79 Å². The zero-order valence-corrected chi connectivity index (χ0v) is 15.6. The van der Waals surface area contributed by atoms with Gasteiger partial charge < -0.3 is 20.9 Å². The number of piperidine rings is 2. The van der Waals surface area contributed by atoms with Crippen molar-refractivity contribution in [2.24, 2.45) is 5.92 Å². The van der Waals surface area contributed by atoms with Crippen LogP contribution in [0.4, 0.5) is 4.79 Å². The maximum Gasteiger partial charge on any atom is 0.315 e. The van der Waals surface area contributed by atoms with Crippen LogP contribution in [0.5, 0.6) is 0 Å². The molecule has 3 fully saturated rings. The highest BCUT2D eigenvalue weighted by Crippen LogP contribution is 2.21. The molecular weight excluding hydrogens is 316 g/mol. The zero-order chi connectivity index (χ0) is 17.6. The minimum absolute atomic E-state index is 0.0242. The van der Waals surface area contributed by atoms with Crippen molar-refractivity contribution in [3.8, 4) is 0 Å². The summed E-state index contributed by atoms with van der Waals surface area (Å²) in [5.74, 6) is 0.494. The molecule has 0 radical (unpaired) electrons. The second-order valence-electron chi connectivity index (χ2n) is 8.13. The minimum Gasteiger partial charge on any atom is -0.342 e. The standard InChI is InChI=1S/C19H34N4O2/c1-14-13-15(7-10-20-14)18(24)23-11-8-17(9-12-23)22-19(25)21-16-5-3-2-4-6-16/h14-17,20H,2-13H2,1H3,(H2,21,22,25)/t14-,15-/m0/s1. The highest BCUT2D eigenvalue weighted by molar-refractivity contribution is 5.79. The fourth-order valence-corrected chi connectivity index (χ4v) is 4.52. The van der Waals surface area contributed by atoms with Gasteiger partial charge in [0.2, 0.25) is 5.91 Å². The van der Waals surface area contributed by atoms with Crippen molar-refractivity contribution in [1.82, 2.24) is 20.9 Å². The van der Waals surface area contributed by atoms with Gasteiger partial charge in [-0.1, -0.05) is 19.3 Å². The molecule has 3 rings (SSSR count). The Balaban J connectivity index is 1.37. The van der Waals surface area contributed by atoms with Crippen LogP contribution in [0.1, 0.15) is 64.7 Å². The molecule has 1 saturated carbocycles. The van der Waals surface area contributed by atoms with Gasteiger partial charge in [-0.15, -0.1) is 0 Å². The number of hydrogen-bond donors (Lipinski definition) is 3. The van der Waals surface area contributed by atoms with Crippen LogP contribution in [0.15, 0.2) is 0 Å². The molecule has 0 unspecified atom stereocenters. The number of urea groups is 1. The molecule has 25 heavy (non-hydrogen) atoms. The molecule has 1 aliphatic carbocycles. The van der Waals surface area contributed by atoms with Gasteiger partial charge in [0, 0.05) is 37.1 Å². The van der Waals surface area contributed by atoms with Gasteiger partial charge in [-0.3, -0.25) is 4.79 Å². The fraction of sp³-hybridized carbons (Fsp3) is 0.895. The van der Waals surface area contributed by atoms with Crippen LogP contribution in [0.3, 0.4) is 0 Å². The first kappa shape index (κ1) is 18.5. The Morgan fingerprint density at radius 2 is 1.56 bits per heavy atom. The Morgan fingerprint density at radius 1 is 0.920 bits per heavy atom. The first-order valence-electron chi connectivity index (χ1n) is 10.2. The fourth-order valence-electron chi connectivity index (χ4n) is 4.52. The summed E-state index contributed by atoms with van der Waals surface area (Å²) in [6.07, 6.45) is 9.58. The highest BCUT2D eigenvalue weighted by Gasteiger charge is 2.31. The Hall–Kier alpha value is -1.30. The van der Waals surface area contributed by atoms with Gasteiger partial charge >= 0.3 is 6.03 Å². The molecule has 0 aromatic heterocycles. The monoisotopic (exact) mass is 350 g/mol. The average Bonchev–Trinajstić information content (AvgIpc) is 2.62. The maximum absolute atomic E-state index is 12.7. The number of amides is 3. The molecule has 2 saturated heterocycles. The number of carbonyl (C=O) groups is 2.